The molecule has 17 heavy (non-hydrogen) atoms. The first kappa shape index (κ1) is 12.4. The van der Waals surface area contributed by atoms with Crippen LogP contribution in [0, 0.1) is 0 Å². The molecule has 1 aliphatic rings. The molecule has 0 saturated carbocycles. The van der Waals surface area contributed by atoms with Crippen molar-refractivity contribution in [3.05, 3.63) is 28.3 Å². The SMILES string of the molecule is O=Cc1cc(Cl)c(O)c(CN2CCOCC2)c1. The van der Waals surface area contributed by atoms with Crippen molar-refractivity contribution in [1.29, 1.82) is 0 Å². The third kappa shape index (κ3) is 2.97. The van der Waals surface area contributed by atoms with Crippen LogP contribution in [0.15, 0.2) is 12.1 Å². The van der Waals surface area contributed by atoms with Crippen LogP contribution in [0.4, 0.5) is 0 Å². The van der Waals surface area contributed by atoms with Gasteiger partial charge in [0.1, 0.15) is 12.0 Å². The van der Waals surface area contributed by atoms with E-state index in [9.17, 15) is 9.90 Å². The zero-order chi connectivity index (χ0) is 12.3. The molecule has 1 fully saturated rings. The molecule has 4 nitrogen and oxygen atoms in total. The average molecular weight is 256 g/mol. The predicted molar refractivity (Wildman–Crippen MR) is 64.6 cm³/mol. The molecule has 1 aromatic rings. The van der Waals surface area contributed by atoms with E-state index in [1.54, 1.807) is 6.07 Å². The molecule has 1 saturated heterocycles. The first-order valence-corrected chi connectivity index (χ1v) is 5.85. The van der Waals surface area contributed by atoms with Crippen molar-refractivity contribution in [3.63, 3.8) is 0 Å². The summed E-state index contributed by atoms with van der Waals surface area (Å²) in [5.41, 5.74) is 1.16. The van der Waals surface area contributed by atoms with Gasteiger partial charge < -0.3 is 9.84 Å². The molecule has 5 heteroatoms. The van der Waals surface area contributed by atoms with Crippen LogP contribution in [0.2, 0.25) is 5.02 Å². The van der Waals surface area contributed by atoms with E-state index in [0.29, 0.717) is 30.9 Å². The zero-order valence-electron chi connectivity index (χ0n) is 9.36. The zero-order valence-corrected chi connectivity index (χ0v) is 10.1. The number of morpholine rings is 1. The number of benzene rings is 1. The van der Waals surface area contributed by atoms with E-state index >= 15 is 0 Å². The number of phenols is 1. The summed E-state index contributed by atoms with van der Waals surface area (Å²) in [7, 11) is 0. The number of hydrogen-bond acceptors (Lipinski definition) is 4. The van der Waals surface area contributed by atoms with E-state index in [1.807, 2.05) is 0 Å². The summed E-state index contributed by atoms with van der Waals surface area (Å²) < 4.78 is 5.25. The predicted octanol–water partition coefficient (Wildman–Crippen LogP) is 1.69. The number of carbonyl (C=O) groups excluding carboxylic acids is 1. The molecule has 1 N–H and O–H groups in total. The van der Waals surface area contributed by atoms with Gasteiger partial charge in [0.05, 0.1) is 18.2 Å². The highest BCUT2D eigenvalue weighted by atomic mass is 35.5. The van der Waals surface area contributed by atoms with Gasteiger partial charge in [0.25, 0.3) is 0 Å². The number of carbonyl (C=O) groups is 1. The van der Waals surface area contributed by atoms with E-state index in [-0.39, 0.29) is 10.8 Å². The fourth-order valence-corrected chi connectivity index (χ4v) is 2.12. The molecule has 1 aliphatic heterocycles. The number of ether oxygens (including phenoxy) is 1. The fourth-order valence-electron chi connectivity index (χ4n) is 1.87. The lowest BCUT2D eigenvalue weighted by Gasteiger charge is -2.27. The maximum absolute atomic E-state index is 10.7. The van der Waals surface area contributed by atoms with Crippen LogP contribution in [0.3, 0.4) is 0 Å². The quantitative estimate of drug-likeness (QED) is 0.835. The first-order valence-electron chi connectivity index (χ1n) is 5.47. The number of rotatable bonds is 3. The number of aromatic hydroxyl groups is 1. The van der Waals surface area contributed by atoms with E-state index in [1.165, 1.54) is 6.07 Å². The molecule has 0 spiro atoms. The molecular formula is C12H14ClNO3. The Morgan fingerprint density at radius 3 is 2.76 bits per heavy atom. The van der Waals surface area contributed by atoms with Gasteiger partial charge >= 0.3 is 0 Å². The van der Waals surface area contributed by atoms with Crippen molar-refractivity contribution in [2.75, 3.05) is 26.3 Å². The maximum atomic E-state index is 10.7. The van der Waals surface area contributed by atoms with Crippen molar-refractivity contribution in [2.45, 2.75) is 6.54 Å². The van der Waals surface area contributed by atoms with E-state index in [0.717, 1.165) is 19.4 Å². The smallest absolute Gasteiger partial charge is 0.150 e. The van der Waals surface area contributed by atoms with E-state index < -0.39 is 0 Å². The summed E-state index contributed by atoms with van der Waals surface area (Å²) >= 11 is 5.86. The Labute approximate surface area is 105 Å². The Hall–Kier alpha value is -1.10. The van der Waals surface area contributed by atoms with Gasteiger partial charge in [0.15, 0.2) is 0 Å². The lowest BCUT2D eigenvalue weighted by Crippen LogP contribution is -2.35. The number of aldehydes is 1. The van der Waals surface area contributed by atoms with Crippen LogP contribution >= 0.6 is 11.6 Å². The van der Waals surface area contributed by atoms with Crippen LogP contribution in [0.25, 0.3) is 0 Å². The highest BCUT2D eigenvalue weighted by Crippen LogP contribution is 2.29. The first-order chi connectivity index (χ1) is 8.20. The molecule has 0 amide bonds. The van der Waals surface area contributed by atoms with Crippen LogP contribution in [-0.4, -0.2) is 42.6 Å². The highest BCUT2D eigenvalue weighted by Gasteiger charge is 2.15. The molecule has 0 unspecified atom stereocenters. The number of phenolic OH excluding ortho intramolecular Hbond substituents is 1. The lowest BCUT2D eigenvalue weighted by molar-refractivity contribution is 0.0339. The van der Waals surface area contributed by atoms with Crippen molar-refractivity contribution < 1.29 is 14.6 Å². The number of hydrogen-bond donors (Lipinski definition) is 1. The summed E-state index contributed by atoms with van der Waals surface area (Å²) in [5, 5.41) is 10.1. The monoisotopic (exact) mass is 255 g/mol. The normalized spacial score (nSPS) is 17.0. The van der Waals surface area contributed by atoms with Gasteiger partial charge in [0, 0.05) is 30.8 Å². The Morgan fingerprint density at radius 1 is 1.41 bits per heavy atom. The van der Waals surface area contributed by atoms with Gasteiger partial charge in [-0.05, 0) is 12.1 Å². The summed E-state index contributed by atoms with van der Waals surface area (Å²) in [6.07, 6.45) is 0.730. The van der Waals surface area contributed by atoms with Crippen molar-refractivity contribution in [1.82, 2.24) is 4.90 Å². The van der Waals surface area contributed by atoms with Crippen LogP contribution < -0.4 is 0 Å². The van der Waals surface area contributed by atoms with Gasteiger partial charge in [-0.15, -0.1) is 0 Å². The summed E-state index contributed by atoms with van der Waals surface area (Å²) in [4.78, 5) is 12.9. The molecule has 0 atom stereocenters. The van der Waals surface area contributed by atoms with E-state index in [4.69, 9.17) is 16.3 Å². The fraction of sp³-hybridized carbons (Fsp3) is 0.417. The Balaban J connectivity index is 2.18. The van der Waals surface area contributed by atoms with Crippen LogP contribution in [0.5, 0.6) is 5.75 Å². The summed E-state index contributed by atoms with van der Waals surface area (Å²) in [6, 6.07) is 3.14. The van der Waals surface area contributed by atoms with Gasteiger partial charge in [-0.25, -0.2) is 0 Å². The van der Waals surface area contributed by atoms with Gasteiger partial charge in [0.2, 0.25) is 0 Å². The molecule has 92 valence electrons. The minimum Gasteiger partial charge on any atom is -0.506 e. The van der Waals surface area contributed by atoms with Crippen LogP contribution in [0.1, 0.15) is 15.9 Å². The Morgan fingerprint density at radius 2 is 2.12 bits per heavy atom. The summed E-state index contributed by atoms with van der Waals surface area (Å²) in [5.74, 6) is 0.0590. The lowest BCUT2D eigenvalue weighted by atomic mass is 10.1. The third-order valence-electron chi connectivity index (χ3n) is 2.80. The maximum Gasteiger partial charge on any atom is 0.150 e. The molecule has 1 aromatic carbocycles. The van der Waals surface area contributed by atoms with Gasteiger partial charge in [-0.3, -0.25) is 9.69 Å². The molecule has 1 heterocycles. The second-order valence-electron chi connectivity index (χ2n) is 4.02. The second-order valence-corrected chi connectivity index (χ2v) is 4.42. The average Bonchev–Trinajstić information content (AvgIpc) is 2.36. The minimum atomic E-state index is 0.0590. The third-order valence-corrected chi connectivity index (χ3v) is 3.09. The van der Waals surface area contributed by atoms with Crippen LogP contribution in [-0.2, 0) is 11.3 Å². The highest BCUT2D eigenvalue weighted by molar-refractivity contribution is 6.32. The van der Waals surface area contributed by atoms with E-state index in [2.05, 4.69) is 4.90 Å². The molecular weight excluding hydrogens is 242 g/mol. The second kappa shape index (κ2) is 5.49. The summed E-state index contributed by atoms with van der Waals surface area (Å²) in [6.45, 7) is 3.62. The Bertz CT molecular complexity index is 416. The molecule has 0 aromatic heterocycles. The van der Waals surface area contributed by atoms with Crippen molar-refractivity contribution >= 4 is 17.9 Å². The van der Waals surface area contributed by atoms with Crippen molar-refractivity contribution in [2.24, 2.45) is 0 Å². The topological polar surface area (TPSA) is 49.8 Å². The molecule has 0 radical (unpaired) electrons. The molecule has 2 rings (SSSR count). The largest absolute Gasteiger partial charge is 0.506 e. The molecule has 0 bridgehead atoms. The number of nitrogens with zero attached hydrogens (tertiary/aromatic N) is 1. The minimum absolute atomic E-state index is 0.0590. The standard InChI is InChI=1S/C12H14ClNO3/c13-11-6-9(8-15)5-10(12(11)16)7-14-1-3-17-4-2-14/h5-6,8,16H,1-4,7H2. The van der Waals surface area contributed by atoms with Gasteiger partial charge in [-0.2, -0.15) is 0 Å². The molecule has 0 aliphatic carbocycles. The van der Waals surface area contributed by atoms with Crippen molar-refractivity contribution in [3.8, 4) is 5.75 Å². The van der Waals surface area contributed by atoms with Gasteiger partial charge in [-0.1, -0.05) is 11.6 Å². The number of halogens is 1. The Kier molecular flexibility index (Phi) is 3.99.